The number of esters is 1. The van der Waals surface area contributed by atoms with E-state index in [1.165, 1.54) is 16.7 Å². The highest BCUT2D eigenvalue weighted by Gasteiger charge is 2.19. The van der Waals surface area contributed by atoms with Crippen LogP contribution in [0.4, 0.5) is 5.69 Å². The van der Waals surface area contributed by atoms with Crippen molar-refractivity contribution in [3.8, 4) is 0 Å². The van der Waals surface area contributed by atoms with Gasteiger partial charge in [-0.1, -0.05) is 22.9 Å². The molecule has 0 N–H and O–H groups in total. The number of rotatable bonds is 4. The van der Waals surface area contributed by atoms with E-state index in [-0.39, 0.29) is 23.9 Å². The number of benzene rings is 1. The molecule has 0 unspecified atom stereocenters. The molecule has 7 nitrogen and oxygen atoms in total. The first-order valence-corrected chi connectivity index (χ1v) is 6.76. The summed E-state index contributed by atoms with van der Waals surface area (Å²) in [6.07, 6.45) is 0. The number of aromatic nitrogens is 1. The standard InChI is InChI=1S/C11H9ClN2O5S/c1-2-19-10(15)5-13-8-3-6(12)7(14(17)18)4-9(8)20-11(13)16/h3-4H,2,5H2,1H3. The predicted octanol–water partition coefficient (Wildman–Crippen LogP) is 2.19. The van der Waals surface area contributed by atoms with Crippen LogP contribution in [0.1, 0.15) is 6.92 Å². The largest absolute Gasteiger partial charge is 0.465 e. The fraction of sp³-hybridized carbons (Fsp3) is 0.273. The Labute approximate surface area is 121 Å². The third kappa shape index (κ3) is 2.66. The summed E-state index contributed by atoms with van der Waals surface area (Å²) in [5, 5.41) is 10.7. The Balaban J connectivity index is 2.54. The first-order valence-electron chi connectivity index (χ1n) is 5.57. The van der Waals surface area contributed by atoms with Gasteiger partial charge >= 0.3 is 10.8 Å². The van der Waals surface area contributed by atoms with Crippen LogP contribution in [0.2, 0.25) is 5.02 Å². The van der Waals surface area contributed by atoms with Crippen LogP contribution in [0.25, 0.3) is 10.2 Å². The summed E-state index contributed by atoms with van der Waals surface area (Å²) >= 11 is 6.62. The average molecular weight is 317 g/mol. The number of carbonyl (C=O) groups is 1. The predicted molar refractivity (Wildman–Crippen MR) is 74.4 cm³/mol. The molecular weight excluding hydrogens is 308 g/mol. The van der Waals surface area contributed by atoms with Gasteiger partial charge in [-0.25, -0.2) is 0 Å². The quantitative estimate of drug-likeness (QED) is 0.490. The number of thiazole rings is 1. The lowest BCUT2D eigenvalue weighted by molar-refractivity contribution is -0.384. The summed E-state index contributed by atoms with van der Waals surface area (Å²) in [6.45, 7) is 1.62. The number of fused-ring (bicyclic) bond motifs is 1. The van der Waals surface area contributed by atoms with Crippen LogP contribution in [-0.4, -0.2) is 22.1 Å². The lowest BCUT2D eigenvalue weighted by atomic mass is 10.3. The molecule has 0 saturated heterocycles. The topological polar surface area (TPSA) is 91.4 Å². The van der Waals surface area contributed by atoms with Gasteiger partial charge in [-0.3, -0.25) is 24.3 Å². The molecule has 9 heteroatoms. The van der Waals surface area contributed by atoms with Crippen LogP contribution in [0, 0.1) is 10.1 Å². The van der Waals surface area contributed by atoms with Crippen LogP contribution >= 0.6 is 22.9 Å². The van der Waals surface area contributed by atoms with Crippen LogP contribution < -0.4 is 4.87 Å². The molecule has 0 aliphatic rings. The number of nitro groups is 1. The molecular formula is C11H9ClN2O5S. The summed E-state index contributed by atoms with van der Waals surface area (Å²) in [4.78, 5) is 33.0. The summed E-state index contributed by atoms with van der Waals surface area (Å²) in [5.74, 6) is -0.552. The monoisotopic (exact) mass is 316 g/mol. The molecule has 0 spiro atoms. The molecule has 0 aliphatic carbocycles. The Morgan fingerprint density at radius 3 is 2.85 bits per heavy atom. The third-order valence-corrected chi connectivity index (χ3v) is 3.77. The van der Waals surface area contributed by atoms with Gasteiger partial charge in [0.15, 0.2) is 0 Å². The molecule has 0 amide bonds. The van der Waals surface area contributed by atoms with Gasteiger partial charge in [0, 0.05) is 6.07 Å². The Morgan fingerprint density at radius 1 is 1.55 bits per heavy atom. The minimum Gasteiger partial charge on any atom is -0.465 e. The molecule has 2 rings (SSSR count). The average Bonchev–Trinajstić information content (AvgIpc) is 2.65. The van der Waals surface area contributed by atoms with Crippen LogP contribution in [0.5, 0.6) is 0 Å². The maximum absolute atomic E-state index is 11.8. The van der Waals surface area contributed by atoms with Crippen molar-refractivity contribution in [2.75, 3.05) is 6.61 Å². The summed E-state index contributed by atoms with van der Waals surface area (Å²) in [7, 11) is 0. The Kier molecular flexibility index (Phi) is 4.05. The van der Waals surface area contributed by atoms with Crippen molar-refractivity contribution in [3.63, 3.8) is 0 Å². The second-order valence-corrected chi connectivity index (χ2v) is 5.19. The highest BCUT2D eigenvalue weighted by molar-refractivity contribution is 7.16. The van der Waals surface area contributed by atoms with E-state index >= 15 is 0 Å². The van der Waals surface area contributed by atoms with Crippen LogP contribution in [-0.2, 0) is 16.1 Å². The molecule has 106 valence electrons. The van der Waals surface area contributed by atoms with Gasteiger partial charge in [0.25, 0.3) is 5.69 Å². The minimum absolute atomic E-state index is 0.0853. The van der Waals surface area contributed by atoms with Gasteiger partial charge in [-0.15, -0.1) is 0 Å². The zero-order valence-electron chi connectivity index (χ0n) is 10.3. The maximum Gasteiger partial charge on any atom is 0.326 e. The lowest BCUT2D eigenvalue weighted by Crippen LogP contribution is -2.20. The number of hydrogen-bond donors (Lipinski definition) is 0. The fourth-order valence-corrected chi connectivity index (χ4v) is 2.83. The highest BCUT2D eigenvalue weighted by atomic mass is 35.5. The van der Waals surface area contributed by atoms with Crippen LogP contribution in [0.3, 0.4) is 0 Å². The van der Waals surface area contributed by atoms with Crippen molar-refractivity contribution in [3.05, 3.63) is 36.9 Å². The zero-order valence-corrected chi connectivity index (χ0v) is 11.9. The number of nitrogens with zero attached hydrogens (tertiary/aromatic N) is 2. The molecule has 0 fully saturated rings. The van der Waals surface area contributed by atoms with E-state index < -0.39 is 15.8 Å². The van der Waals surface area contributed by atoms with Crippen molar-refractivity contribution in [2.45, 2.75) is 13.5 Å². The zero-order chi connectivity index (χ0) is 14.9. The smallest absolute Gasteiger partial charge is 0.326 e. The molecule has 0 bridgehead atoms. The molecule has 0 radical (unpaired) electrons. The van der Waals surface area contributed by atoms with E-state index in [0.717, 1.165) is 11.3 Å². The molecule has 0 saturated carbocycles. The van der Waals surface area contributed by atoms with Crippen molar-refractivity contribution in [2.24, 2.45) is 0 Å². The maximum atomic E-state index is 11.8. The van der Waals surface area contributed by atoms with Crippen molar-refractivity contribution >= 4 is 44.8 Å². The summed E-state index contributed by atoms with van der Waals surface area (Å²) in [5.41, 5.74) is 0.104. The Bertz CT molecular complexity index is 751. The molecule has 2 aromatic rings. The number of ether oxygens (including phenoxy) is 1. The summed E-state index contributed by atoms with van der Waals surface area (Å²) < 4.78 is 6.36. The number of hydrogen-bond acceptors (Lipinski definition) is 6. The Hall–Kier alpha value is -1.93. The minimum atomic E-state index is -0.623. The van der Waals surface area contributed by atoms with Gasteiger partial charge in [0.05, 0.1) is 21.7 Å². The number of halogens is 1. The second-order valence-electron chi connectivity index (χ2n) is 3.79. The second kappa shape index (κ2) is 5.59. The van der Waals surface area contributed by atoms with E-state index in [0.29, 0.717) is 10.2 Å². The van der Waals surface area contributed by atoms with E-state index in [1.54, 1.807) is 6.92 Å². The SMILES string of the molecule is CCOC(=O)Cn1c(=O)sc2cc([N+](=O)[O-])c(Cl)cc21. The molecule has 0 atom stereocenters. The van der Waals surface area contributed by atoms with E-state index in [4.69, 9.17) is 16.3 Å². The lowest BCUT2D eigenvalue weighted by Gasteiger charge is -2.04. The van der Waals surface area contributed by atoms with Crippen molar-refractivity contribution in [1.82, 2.24) is 4.57 Å². The van der Waals surface area contributed by atoms with Crippen LogP contribution in [0.15, 0.2) is 16.9 Å². The molecule has 0 aliphatic heterocycles. The van der Waals surface area contributed by atoms with Crippen molar-refractivity contribution in [1.29, 1.82) is 0 Å². The normalized spacial score (nSPS) is 10.7. The van der Waals surface area contributed by atoms with Crippen molar-refractivity contribution < 1.29 is 14.5 Å². The molecule has 1 aromatic heterocycles. The molecule has 20 heavy (non-hydrogen) atoms. The Morgan fingerprint density at radius 2 is 2.25 bits per heavy atom. The molecule has 1 aromatic carbocycles. The van der Waals surface area contributed by atoms with Gasteiger partial charge in [-0.2, -0.15) is 0 Å². The molecule has 1 heterocycles. The van der Waals surface area contributed by atoms with Gasteiger partial charge < -0.3 is 4.74 Å². The summed E-state index contributed by atoms with van der Waals surface area (Å²) in [6, 6.07) is 2.54. The number of nitro benzene ring substituents is 1. The van der Waals surface area contributed by atoms with Gasteiger partial charge in [-0.05, 0) is 13.0 Å². The van der Waals surface area contributed by atoms with Gasteiger partial charge in [0.1, 0.15) is 11.6 Å². The first-order chi connectivity index (χ1) is 9.43. The van der Waals surface area contributed by atoms with E-state index in [2.05, 4.69) is 0 Å². The third-order valence-electron chi connectivity index (χ3n) is 2.53. The first kappa shape index (κ1) is 14.5. The van der Waals surface area contributed by atoms with E-state index in [1.807, 2.05) is 0 Å². The highest BCUT2D eigenvalue weighted by Crippen LogP contribution is 2.31. The van der Waals surface area contributed by atoms with Gasteiger partial charge in [0.2, 0.25) is 0 Å². The fourth-order valence-electron chi connectivity index (χ4n) is 1.70. The number of carbonyl (C=O) groups excluding carboxylic acids is 1. The van der Waals surface area contributed by atoms with E-state index in [9.17, 15) is 19.7 Å².